The van der Waals surface area contributed by atoms with E-state index in [0.29, 0.717) is 12.3 Å². The molecule has 3 heterocycles. The Kier molecular flexibility index (Phi) is 5.84. The molecule has 5 heteroatoms. The van der Waals surface area contributed by atoms with E-state index >= 15 is 0 Å². The third kappa shape index (κ3) is 4.91. The zero-order chi connectivity index (χ0) is 17.6. The number of pyridine rings is 1. The smallest absolute Gasteiger partial charge is 0.222 e. The number of hydrogen-bond donors (Lipinski definition) is 0. The number of nitrogens with zero attached hydrogens (tertiary/aromatic N) is 4. The van der Waals surface area contributed by atoms with E-state index in [1.54, 1.807) is 0 Å². The molecule has 0 aliphatic carbocycles. The topological polar surface area (TPSA) is 51.0 Å². The normalized spacial score (nSPS) is 17.7. The Labute approximate surface area is 150 Å². The summed E-state index contributed by atoms with van der Waals surface area (Å²) in [6, 6.07) is 8.14. The molecule has 1 aliphatic rings. The predicted molar refractivity (Wildman–Crippen MR) is 98.2 cm³/mol. The molecule has 25 heavy (non-hydrogen) atoms. The molecule has 2 aromatic rings. The van der Waals surface area contributed by atoms with Gasteiger partial charge in [-0.3, -0.25) is 14.5 Å². The van der Waals surface area contributed by atoms with Crippen LogP contribution in [0.3, 0.4) is 0 Å². The minimum Gasteiger partial charge on any atom is -0.342 e. The van der Waals surface area contributed by atoms with Crippen LogP contribution in [0, 0.1) is 19.8 Å². The van der Waals surface area contributed by atoms with E-state index in [1.807, 2.05) is 29.9 Å². The van der Waals surface area contributed by atoms with Crippen molar-refractivity contribution in [2.24, 2.45) is 5.92 Å². The van der Waals surface area contributed by atoms with Gasteiger partial charge < -0.3 is 4.90 Å². The number of aromatic nitrogens is 3. The third-order valence-electron chi connectivity index (χ3n) is 4.96. The molecule has 2 aromatic heterocycles. The number of hydrogen-bond acceptors (Lipinski definition) is 3. The van der Waals surface area contributed by atoms with E-state index in [4.69, 9.17) is 0 Å². The Balaban J connectivity index is 1.46. The summed E-state index contributed by atoms with van der Waals surface area (Å²) in [7, 11) is 0. The summed E-state index contributed by atoms with van der Waals surface area (Å²) < 4.78 is 2.00. The first-order valence-corrected chi connectivity index (χ1v) is 9.30. The highest BCUT2D eigenvalue weighted by Gasteiger charge is 2.23. The van der Waals surface area contributed by atoms with Gasteiger partial charge >= 0.3 is 0 Å². The van der Waals surface area contributed by atoms with Crippen LogP contribution in [0.5, 0.6) is 0 Å². The molecule has 0 spiro atoms. The van der Waals surface area contributed by atoms with Crippen LogP contribution in [0.1, 0.15) is 42.8 Å². The van der Waals surface area contributed by atoms with Crippen molar-refractivity contribution >= 4 is 5.91 Å². The molecule has 0 saturated carbocycles. The van der Waals surface area contributed by atoms with Gasteiger partial charge in [0.2, 0.25) is 5.91 Å². The minimum absolute atomic E-state index is 0.284. The first kappa shape index (κ1) is 17.6. The maximum atomic E-state index is 12.6. The lowest BCUT2D eigenvalue weighted by Crippen LogP contribution is -2.40. The van der Waals surface area contributed by atoms with Gasteiger partial charge in [0, 0.05) is 43.6 Å². The van der Waals surface area contributed by atoms with Crippen LogP contribution in [0.15, 0.2) is 30.5 Å². The summed E-state index contributed by atoms with van der Waals surface area (Å²) >= 11 is 0. The van der Waals surface area contributed by atoms with Crippen molar-refractivity contribution in [3.8, 4) is 0 Å². The quantitative estimate of drug-likeness (QED) is 0.812. The fourth-order valence-corrected chi connectivity index (χ4v) is 3.71. The van der Waals surface area contributed by atoms with Crippen molar-refractivity contribution in [1.29, 1.82) is 0 Å². The maximum Gasteiger partial charge on any atom is 0.222 e. The number of aryl methyl sites for hydroxylation is 3. The molecule has 1 aliphatic heterocycles. The van der Waals surface area contributed by atoms with Gasteiger partial charge in [-0.2, -0.15) is 5.10 Å². The van der Waals surface area contributed by atoms with E-state index in [0.717, 1.165) is 50.3 Å². The molecule has 0 radical (unpaired) electrons. The van der Waals surface area contributed by atoms with Crippen LogP contribution in [-0.4, -0.2) is 38.7 Å². The van der Waals surface area contributed by atoms with Crippen LogP contribution < -0.4 is 0 Å². The van der Waals surface area contributed by atoms with Crippen molar-refractivity contribution in [3.05, 3.63) is 47.5 Å². The van der Waals surface area contributed by atoms with Crippen molar-refractivity contribution in [2.45, 2.75) is 52.5 Å². The largest absolute Gasteiger partial charge is 0.342 e. The first-order chi connectivity index (χ1) is 12.1. The standard InChI is InChI=1S/C20H28N4O/c1-16-13-17(2)24(22-16)12-6-9-20(25)23-11-5-7-18(15-23)14-19-8-3-4-10-21-19/h3-4,8,10,13,18H,5-7,9,11-12,14-15H2,1-2H3/t18-/m0/s1. The third-order valence-corrected chi connectivity index (χ3v) is 4.96. The number of amides is 1. The lowest BCUT2D eigenvalue weighted by molar-refractivity contribution is -0.133. The van der Waals surface area contributed by atoms with Gasteiger partial charge in [0.15, 0.2) is 0 Å². The fourth-order valence-electron chi connectivity index (χ4n) is 3.71. The van der Waals surface area contributed by atoms with Crippen molar-refractivity contribution in [3.63, 3.8) is 0 Å². The highest BCUT2D eigenvalue weighted by molar-refractivity contribution is 5.76. The molecule has 0 N–H and O–H groups in total. The van der Waals surface area contributed by atoms with Crippen LogP contribution in [0.2, 0.25) is 0 Å². The lowest BCUT2D eigenvalue weighted by atomic mass is 9.93. The van der Waals surface area contributed by atoms with Gasteiger partial charge in [-0.25, -0.2) is 0 Å². The monoisotopic (exact) mass is 340 g/mol. The number of rotatable bonds is 6. The Bertz CT molecular complexity index is 695. The Morgan fingerprint density at radius 2 is 2.20 bits per heavy atom. The highest BCUT2D eigenvalue weighted by Crippen LogP contribution is 2.21. The number of likely N-dealkylation sites (tertiary alicyclic amines) is 1. The number of piperidine rings is 1. The van der Waals surface area contributed by atoms with Crippen LogP contribution in [0.4, 0.5) is 0 Å². The average molecular weight is 340 g/mol. The molecule has 3 rings (SSSR count). The molecule has 1 atom stereocenters. The van der Waals surface area contributed by atoms with Crippen LogP contribution in [0.25, 0.3) is 0 Å². The van der Waals surface area contributed by atoms with E-state index in [2.05, 4.69) is 34.0 Å². The summed E-state index contributed by atoms with van der Waals surface area (Å²) in [6.07, 6.45) is 6.56. The van der Waals surface area contributed by atoms with E-state index in [9.17, 15) is 4.79 Å². The van der Waals surface area contributed by atoms with Gasteiger partial charge in [-0.15, -0.1) is 0 Å². The predicted octanol–water partition coefficient (Wildman–Crippen LogP) is 3.16. The highest BCUT2D eigenvalue weighted by atomic mass is 16.2. The molecule has 1 fully saturated rings. The van der Waals surface area contributed by atoms with Crippen LogP contribution >= 0.6 is 0 Å². The lowest BCUT2D eigenvalue weighted by Gasteiger charge is -2.33. The first-order valence-electron chi connectivity index (χ1n) is 9.30. The summed E-state index contributed by atoms with van der Waals surface area (Å²) in [4.78, 5) is 19.0. The summed E-state index contributed by atoms with van der Waals surface area (Å²) in [5, 5.41) is 4.46. The molecular weight excluding hydrogens is 312 g/mol. The Morgan fingerprint density at radius 1 is 1.32 bits per heavy atom. The Morgan fingerprint density at radius 3 is 2.92 bits per heavy atom. The van der Waals surface area contributed by atoms with Crippen LogP contribution in [-0.2, 0) is 17.8 Å². The summed E-state index contributed by atoms with van der Waals surface area (Å²) in [6.45, 7) is 6.65. The zero-order valence-corrected chi connectivity index (χ0v) is 15.3. The van der Waals surface area contributed by atoms with Gasteiger partial charge in [-0.05, 0) is 63.6 Å². The summed E-state index contributed by atoms with van der Waals surface area (Å²) in [5.41, 5.74) is 3.34. The fraction of sp³-hybridized carbons (Fsp3) is 0.550. The number of carbonyl (C=O) groups excluding carboxylic acids is 1. The second-order valence-electron chi connectivity index (χ2n) is 7.13. The van der Waals surface area contributed by atoms with Gasteiger partial charge in [-0.1, -0.05) is 6.07 Å². The SMILES string of the molecule is Cc1cc(C)n(CCCC(=O)N2CCC[C@@H](Cc3ccccn3)C2)n1. The van der Waals surface area contributed by atoms with E-state index in [-0.39, 0.29) is 5.91 Å². The second kappa shape index (κ2) is 8.28. The van der Waals surface area contributed by atoms with Gasteiger partial charge in [0.25, 0.3) is 0 Å². The Hall–Kier alpha value is -2.17. The molecule has 1 saturated heterocycles. The molecule has 134 valence electrons. The molecule has 1 amide bonds. The number of carbonyl (C=O) groups is 1. The summed E-state index contributed by atoms with van der Waals surface area (Å²) in [5.74, 6) is 0.816. The van der Waals surface area contributed by atoms with Crippen molar-refractivity contribution < 1.29 is 4.79 Å². The minimum atomic E-state index is 0.284. The van der Waals surface area contributed by atoms with E-state index < -0.39 is 0 Å². The molecule has 5 nitrogen and oxygen atoms in total. The van der Waals surface area contributed by atoms with Gasteiger partial charge in [0.05, 0.1) is 5.69 Å². The second-order valence-corrected chi connectivity index (χ2v) is 7.13. The maximum absolute atomic E-state index is 12.6. The zero-order valence-electron chi connectivity index (χ0n) is 15.3. The van der Waals surface area contributed by atoms with Crippen molar-refractivity contribution in [1.82, 2.24) is 19.7 Å². The van der Waals surface area contributed by atoms with Gasteiger partial charge in [0.1, 0.15) is 0 Å². The molecular formula is C20H28N4O. The molecule has 0 bridgehead atoms. The van der Waals surface area contributed by atoms with E-state index in [1.165, 1.54) is 12.1 Å². The van der Waals surface area contributed by atoms with Crippen molar-refractivity contribution in [2.75, 3.05) is 13.1 Å². The molecule has 0 unspecified atom stereocenters. The average Bonchev–Trinajstić information content (AvgIpc) is 2.93. The molecule has 0 aromatic carbocycles.